The summed E-state index contributed by atoms with van der Waals surface area (Å²) in [6.07, 6.45) is 2.44. The van der Waals surface area contributed by atoms with E-state index >= 15 is 0 Å². The highest BCUT2D eigenvalue weighted by molar-refractivity contribution is 5.90. The molecular weight excluding hydrogens is 578 g/mol. The van der Waals surface area contributed by atoms with E-state index in [2.05, 4.69) is 14.8 Å². The van der Waals surface area contributed by atoms with Gasteiger partial charge in [0.05, 0.1) is 26.9 Å². The highest BCUT2D eigenvalue weighted by atomic mass is 16.5. The van der Waals surface area contributed by atoms with E-state index in [0.717, 1.165) is 22.4 Å². The maximum Gasteiger partial charge on any atom is 0.337 e. The molecule has 240 valence electrons. The number of benzene rings is 3. The van der Waals surface area contributed by atoms with E-state index in [0.29, 0.717) is 31.2 Å². The molecule has 1 atom stereocenters. The van der Waals surface area contributed by atoms with Gasteiger partial charge in [-0.15, -0.1) is 0 Å². The van der Waals surface area contributed by atoms with Crippen LogP contribution in [0.2, 0.25) is 0 Å². The molecular formula is C35H41NO9. The molecule has 0 bridgehead atoms. The molecule has 0 aromatic heterocycles. The van der Waals surface area contributed by atoms with E-state index in [4.69, 9.17) is 9.47 Å². The summed E-state index contributed by atoms with van der Waals surface area (Å²) < 4.78 is 19.7. The number of ketones is 1. The average Bonchev–Trinajstić information content (AvgIpc) is 3.04. The van der Waals surface area contributed by atoms with Crippen LogP contribution in [0, 0.1) is 6.92 Å². The lowest BCUT2D eigenvalue weighted by Crippen LogP contribution is -2.44. The van der Waals surface area contributed by atoms with E-state index in [9.17, 15) is 24.0 Å². The lowest BCUT2D eigenvalue weighted by Gasteiger charge is -2.18. The lowest BCUT2D eigenvalue weighted by molar-refractivity contribution is -0.141. The van der Waals surface area contributed by atoms with Crippen LogP contribution in [0.4, 0.5) is 0 Å². The van der Waals surface area contributed by atoms with Gasteiger partial charge >= 0.3 is 17.9 Å². The minimum atomic E-state index is -0.874. The molecule has 45 heavy (non-hydrogen) atoms. The summed E-state index contributed by atoms with van der Waals surface area (Å²) >= 11 is 0. The van der Waals surface area contributed by atoms with Gasteiger partial charge in [0.1, 0.15) is 23.3 Å². The first-order chi connectivity index (χ1) is 21.5. The number of hydrogen-bond donors (Lipinski definition) is 1. The second-order valence-electron chi connectivity index (χ2n) is 10.2. The summed E-state index contributed by atoms with van der Waals surface area (Å²) in [6.45, 7) is 3.49. The average molecular weight is 620 g/mol. The molecule has 0 fully saturated rings. The fourth-order valence-electron chi connectivity index (χ4n) is 4.02. The van der Waals surface area contributed by atoms with Crippen molar-refractivity contribution in [3.8, 4) is 11.5 Å². The molecule has 3 aromatic carbocycles. The van der Waals surface area contributed by atoms with Crippen LogP contribution in [-0.4, -0.2) is 57.0 Å². The van der Waals surface area contributed by atoms with Crippen molar-refractivity contribution in [1.29, 1.82) is 0 Å². The third kappa shape index (κ3) is 13.9. The Labute approximate surface area is 264 Å². The second-order valence-corrected chi connectivity index (χ2v) is 10.2. The molecule has 3 rings (SSSR count). The lowest BCUT2D eigenvalue weighted by atomic mass is 10.0. The van der Waals surface area contributed by atoms with Crippen molar-refractivity contribution in [3.05, 3.63) is 95.1 Å². The summed E-state index contributed by atoms with van der Waals surface area (Å²) in [4.78, 5) is 58.1. The Bertz CT molecular complexity index is 1400. The van der Waals surface area contributed by atoms with E-state index in [1.54, 1.807) is 7.11 Å². The summed E-state index contributed by atoms with van der Waals surface area (Å²) in [5.74, 6) is -0.442. The van der Waals surface area contributed by atoms with Gasteiger partial charge < -0.3 is 29.1 Å². The van der Waals surface area contributed by atoms with Gasteiger partial charge in [-0.25, -0.2) is 9.59 Å². The monoisotopic (exact) mass is 619 g/mol. The maximum absolute atomic E-state index is 13.0. The summed E-state index contributed by atoms with van der Waals surface area (Å²) in [5, 5.41) is 2.82. The predicted molar refractivity (Wildman–Crippen MR) is 168 cm³/mol. The summed E-state index contributed by atoms with van der Waals surface area (Å²) in [6, 6.07) is 20.4. The number of hydrogen-bond acceptors (Lipinski definition) is 9. The van der Waals surface area contributed by atoms with Crippen molar-refractivity contribution >= 4 is 29.6 Å². The van der Waals surface area contributed by atoms with Crippen molar-refractivity contribution in [3.63, 3.8) is 0 Å². The Morgan fingerprint density at radius 3 is 1.87 bits per heavy atom. The number of nitrogens with one attached hydrogen (secondary N) is 1. The van der Waals surface area contributed by atoms with Crippen molar-refractivity contribution in [2.45, 2.75) is 58.4 Å². The van der Waals surface area contributed by atoms with Gasteiger partial charge in [-0.3, -0.25) is 9.59 Å². The molecule has 0 aliphatic heterocycles. The predicted octanol–water partition coefficient (Wildman–Crippen LogP) is 4.97. The fourth-order valence-corrected chi connectivity index (χ4v) is 4.02. The van der Waals surface area contributed by atoms with E-state index in [-0.39, 0.29) is 36.3 Å². The van der Waals surface area contributed by atoms with Crippen molar-refractivity contribution < 1.29 is 42.9 Å². The standard InChI is InChI=1S/C28H29NO6.C7H12O3/c1-19-4-6-21(7-5-19)18-25(28(32)35-24-15-11-22(12-16-24)27(31)34-3)29-26(30)17-10-20-8-13-23(33-2)14-9-20;1-6(8)4-3-5-7(9)10-2/h4-9,11-16,25H,10,17-18H2,1-3H3,(H,29,30);3-5H2,1-2H3. The highest BCUT2D eigenvalue weighted by Crippen LogP contribution is 2.16. The molecule has 3 aromatic rings. The van der Waals surface area contributed by atoms with Crippen LogP contribution >= 0.6 is 0 Å². The van der Waals surface area contributed by atoms with Crippen molar-refractivity contribution in [2.24, 2.45) is 0 Å². The zero-order valence-electron chi connectivity index (χ0n) is 26.4. The van der Waals surface area contributed by atoms with Gasteiger partial charge in [0.15, 0.2) is 0 Å². The quantitative estimate of drug-likeness (QED) is 0.196. The first-order valence-corrected chi connectivity index (χ1v) is 14.5. The Kier molecular flexibility index (Phi) is 15.5. The topological polar surface area (TPSA) is 134 Å². The van der Waals surface area contributed by atoms with Gasteiger partial charge in [-0.2, -0.15) is 0 Å². The zero-order chi connectivity index (χ0) is 33.2. The molecule has 10 nitrogen and oxygen atoms in total. The molecule has 10 heteroatoms. The van der Waals surface area contributed by atoms with Gasteiger partial charge in [-0.1, -0.05) is 42.0 Å². The van der Waals surface area contributed by atoms with Crippen LogP contribution in [0.1, 0.15) is 59.7 Å². The number of carbonyl (C=O) groups excluding carboxylic acids is 5. The minimum Gasteiger partial charge on any atom is -0.497 e. The van der Waals surface area contributed by atoms with Gasteiger partial charge in [0, 0.05) is 25.7 Å². The Balaban J connectivity index is 0.000000607. The van der Waals surface area contributed by atoms with Crippen LogP contribution in [0.5, 0.6) is 11.5 Å². The van der Waals surface area contributed by atoms with Gasteiger partial charge in [0.25, 0.3) is 0 Å². The van der Waals surface area contributed by atoms with Crippen LogP contribution in [0.15, 0.2) is 72.8 Å². The highest BCUT2D eigenvalue weighted by Gasteiger charge is 2.24. The van der Waals surface area contributed by atoms with Crippen LogP contribution < -0.4 is 14.8 Å². The molecule has 0 aliphatic carbocycles. The van der Waals surface area contributed by atoms with Crippen molar-refractivity contribution in [1.82, 2.24) is 5.32 Å². The Morgan fingerprint density at radius 2 is 1.31 bits per heavy atom. The Morgan fingerprint density at radius 1 is 0.711 bits per heavy atom. The smallest absolute Gasteiger partial charge is 0.337 e. The normalized spacial score (nSPS) is 10.8. The zero-order valence-corrected chi connectivity index (χ0v) is 26.4. The molecule has 1 amide bonds. The number of aryl methyl sites for hydroxylation is 2. The van der Waals surface area contributed by atoms with E-state index in [1.165, 1.54) is 45.4 Å². The summed E-state index contributed by atoms with van der Waals surface area (Å²) in [5.41, 5.74) is 3.33. The number of rotatable bonds is 14. The van der Waals surface area contributed by atoms with E-state index in [1.807, 2.05) is 55.5 Å². The second kappa shape index (κ2) is 19.3. The summed E-state index contributed by atoms with van der Waals surface area (Å²) in [7, 11) is 4.24. The maximum atomic E-state index is 13.0. The number of ether oxygens (including phenoxy) is 4. The molecule has 0 saturated carbocycles. The minimum absolute atomic E-state index is 0.115. The van der Waals surface area contributed by atoms with Crippen LogP contribution in [-0.2, 0) is 41.5 Å². The number of carbonyl (C=O) groups is 5. The SMILES string of the molecule is COC(=O)CCCC(C)=O.COC(=O)c1ccc(OC(=O)C(Cc2ccc(C)cc2)NC(=O)CCc2ccc(OC)cc2)cc1. The molecule has 0 spiro atoms. The molecule has 1 unspecified atom stereocenters. The first-order valence-electron chi connectivity index (χ1n) is 14.5. The number of esters is 3. The third-order valence-electron chi connectivity index (χ3n) is 6.61. The van der Waals surface area contributed by atoms with Crippen LogP contribution in [0.25, 0.3) is 0 Å². The van der Waals surface area contributed by atoms with Gasteiger partial charge in [0.2, 0.25) is 5.91 Å². The number of amides is 1. The molecule has 1 N–H and O–H groups in total. The molecule has 0 radical (unpaired) electrons. The number of methoxy groups -OCH3 is 3. The van der Waals surface area contributed by atoms with Crippen LogP contribution in [0.3, 0.4) is 0 Å². The number of Topliss-reactive ketones (excluding diaryl/α,β-unsaturated/α-hetero) is 1. The fraction of sp³-hybridized carbons (Fsp3) is 0.343. The largest absolute Gasteiger partial charge is 0.497 e. The van der Waals surface area contributed by atoms with Gasteiger partial charge in [-0.05, 0) is 74.2 Å². The Hall–Kier alpha value is -4.99. The molecule has 0 saturated heterocycles. The molecule has 0 heterocycles. The van der Waals surface area contributed by atoms with E-state index < -0.39 is 18.0 Å². The molecule has 0 aliphatic rings. The first kappa shape index (κ1) is 36.2. The van der Waals surface area contributed by atoms with Crippen molar-refractivity contribution in [2.75, 3.05) is 21.3 Å². The third-order valence-corrected chi connectivity index (χ3v) is 6.61.